The van der Waals surface area contributed by atoms with Crippen LogP contribution in [0.4, 0.5) is 0 Å². The summed E-state index contributed by atoms with van der Waals surface area (Å²) >= 11 is 0. The van der Waals surface area contributed by atoms with Gasteiger partial charge in [0.15, 0.2) is 0 Å². The Hall–Kier alpha value is -3.17. The number of hydrogen-bond donors (Lipinski definition) is 1. The summed E-state index contributed by atoms with van der Waals surface area (Å²) in [5.41, 5.74) is 11.5. The van der Waals surface area contributed by atoms with Crippen LogP contribution in [0.15, 0.2) is 83.4 Å². The van der Waals surface area contributed by atoms with Crippen LogP contribution in [-0.4, -0.2) is 4.98 Å². The van der Waals surface area contributed by atoms with Gasteiger partial charge in [0.25, 0.3) is 0 Å². The SMILES string of the molecule is NC(c1ccc2oc3ccccc3c2c1)c1ccnc2ccccc12. The van der Waals surface area contributed by atoms with E-state index < -0.39 is 0 Å². The van der Waals surface area contributed by atoms with E-state index >= 15 is 0 Å². The van der Waals surface area contributed by atoms with E-state index in [9.17, 15) is 0 Å². The molecule has 0 spiro atoms. The van der Waals surface area contributed by atoms with Crippen LogP contribution in [-0.2, 0) is 0 Å². The third-order valence-corrected chi connectivity index (χ3v) is 4.78. The number of hydrogen-bond acceptors (Lipinski definition) is 3. The zero-order valence-electron chi connectivity index (χ0n) is 13.5. The zero-order valence-corrected chi connectivity index (χ0v) is 13.5. The predicted octanol–water partition coefficient (Wildman–Crippen LogP) is 5.18. The lowest BCUT2D eigenvalue weighted by molar-refractivity contribution is 0.668. The number of nitrogens with zero attached hydrogens (tertiary/aromatic N) is 1. The molecular formula is C22H16N2O. The van der Waals surface area contributed by atoms with E-state index in [-0.39, 0.29) is 6.04 Å². The van der Waals surface area contributed by atoms with Crippen LogP contribution in [0.3, 0.4) is 0 Å². The Morgan fingerprint density at radius 3 is 2.44 bits per heavy atom. The van der Waals surface area contributed by atoms with Gasteiger partial charge in [0.05, 0.1) is 11.6 Å². The Balaban J connectivity index is 1.70. The molecule has 2 heterocycles. The molecule has 1 unspecified atom stereocenters. The second kappa shape index (κ2) is 5.43. The van der Waals surface area contributed by atoms with Gasteiger partial charge in [-0.3, -0.25) is 4.98 Å². The Morgan fingerprint density at radius 2 is 1.52 bits per heavy atom. The van der Waals surface area contributed by atoms with Gasteiger partial charge in [-0.25, -0.2) is 0 Å². The molecule has 1 atom stereocenters. The molecule has 3 heteroatoms. The van der Waals surface area contributed by atoms with Gasteiger partial charge in [-0.05, 0) is 41.5 Å². The molecule has 120 valence electrons. The van der Waals surface area contributed by atoms with Gasteiger partial charge in [0.1, 0.15) is 11.2 Å². The third-order valence-electron chi connectivity index (χ3n) is 4.78. The summed E-state index contributed by atoms with van der Waals surface area (Å²) in [6.45, 7) is 0. The summed E-state index contributed by atoms with van der Waals surface area (Å²) in [6, 6.07) is 24.2. The van der Waals surface area contributed by atoms with Crippen molar-refractivity contribution in [3.63, 3.8) is 0 Å². The topological polar surface area (TPSA) is 52.0 Å². The standard InChI is InChI=1S/C22H16N2O/c23-22(17-11-12-24-19-7-3-1-5-15(17)19)14-9-10-21-18(13-14)16-6-2-4-8-20(16)25-21/h1-13,22H,23H2. The molecule has 0 bridgehead atoms. The van der Waals surface area contributed by atoms with Crippen LogP contribution >= 0.6 is 0 Å². The van der Waals surface area contributed by atoms with Crippen molar-refractivity contribution in [1.82, 2.24) is 4.98 Å². The minimum Gasteiger partial charge on any atom is -0.456 e. The van der Waals surface area contributed by atoms with Crippen molar-refractivity contribution >= 4 is 32.8 Å². The lowest BCUT2D eigenvalue weighted by atomic mass is 9.95. The van der Waals surface area contributed by atoms with Gasteiger partial charge in [-0.2, -0.15) is 0 Å². The van der Waals surface area contributed by atoms with E-state index in [1.807, 2.05) is 60.8 Å². The van der Waals surface area contributed by atoms with Gasteiger partial charge < -0.3 is 10.2 Å². The summed E-state index contributed by atoms with van der Waals surface area (Å²) in [5, 5.41) is 3.31. The number of para-hydroxylation sites is 2. The highest BCUT2D eigenvalue weighted by Gasteiger charge is 2.15. The number of nitrogens with two attached hydrogens (primary N) is 1. The van der Waals surface area contributed by atoms with Crippen molar-refractivity contribution in [3.8, 4) is 0 Å². The summed E-state index contributed by atoms with van der Waals surface area (Å²) < 4.78 is 5.91. The van der Waals surface area contributed by atoms with Gasteiger partial charge in [-0.1, -0.05) is 42.5 Å². The molecular weight excluding hydrogens is 308 g/mol. The van der Waals surface area contributed by atoms with Gasteiger partial charge in [0.2, 0.25) is 0 Å². The predicted molar refractivity (Wildman–Crippen MR) is 101 cm³/mol. The van der Waals surface area contributed by atoms with Crippen molar-refractivity contribution in [2.75, 3.05) is 0 Å². The number of furan rings is 1. The van der Waals surface area contributed by atoms with Crippen molar-refractivity contribution in [1.29, 1.82) is 0 Å². The first-order valence-electron chi connectivity index (χ1n) is 8.32. The lowest BCUT2D eigenvalue weighted by Crippen LogP contribution is -2.12. The third kappa shape index (κ3) is 2.21. The number of pyridine rings is 1. The molecule has 0 amide bonds. The molecule has 0 aliphatic heterocycles. The van der Waals surface area contributed by atoms with Crippen molar-refractivity contribution < 1.29 is 4.42 Å². The van der Waals surface area contributed by atoms with E-state index in [0.29, 0.717) is 0 Å². The van der Waals surface area contributed by atoms with Gasteiger partial charge >= 0.3 is 0 Å². The van der Waals surface area contributed by atoms with Gasteiger partial charge in [0, 0.05) is 22.4 Å². The molecule has 3 nitrogen and oxygen atoms in total. The van der Waals surface area contributed by atoms with E-state index in [4.69, 9.17) is 10.2 Å². The van der Waals surface area contributed by atoms with Crippen LogP contribution in [0, 0.1) is 0 Å². The summed E-state index contributed by atoms with van der Waals surface area (Å²) in [7, 11) is 0. The molecule has 2 aromatic heterocycles. The maximum absolute atomic E-state index is 6.63. The highest BCUT2D eigenvalue weighted by atomic mass is 16.3. The number of rotatable bonds is 2. The van der Waals surface area contributed by atoms with Crippen molar-refractivity contribution in [2.24, 2.45) is 5.73 Å². The normalized spacial score (nSPS) is 12.8. The first-order valence-corrected chi connectivity index (χ1v) is 8.32. The van der Waals surface area contributed by atoms with Crippen molar-refractivity contribution in [2.45, 2.75) is 6.04 Å². The highest BCUT2D eigenvalue weighted by Crippen LogP contribution is 2.32. The Kier molecular flexibility index (Phi) is 3.08. The van der Waals surface area contributed by atoms with E-state index in [0.717, 1.165) is 44.0 Å². The maximum Gasteiger partial charge on any atom is 0.135 e. The number of fused-ring (bicyclic) bond motifs is 4. The first kappa shape index (κ1) is 14.2. The largest absolute Gasteiger partial charge is 0.456 e. The molecule has 3 aromatic carbocycles. The molecule has 25 heavy (non-hydrogen) atoms. The molecule has 0 radical (unpaired) electrons. The zero-order chi connectivity index (χ0) is 16.8. The molecule has 5 aromatic rings. The monoisotopic (exact) mass is 324 g/mol. The first-order chi connectivity index (χ1) is 12.3. The second-order valence-corrected chi connectivity index (χ2v) is 6.25. The Morgan fingerprint density at radius 1 is 0.760 bits per heavy atom. The smallest absolute Gasteiger partial charge is 0.135 e. The van der Waals surface area contributed by atoms with Crippen LogP contribution in [0.1, 0.15) is 17.2 Å². The average molecular weight is 324 g/mol. The summed E-state index contributed by atoms with van der Waals surface area (Å²) in [5.74, 6) is 0. The average Bonchev–Trinajstić information content (AvgIpc) is 3.05. The molecule has 2 N–H and O–H groups in total. The van der Waals surface area contributed by atoms with E-state index in [1.54, 1.807) is 0 Å². The molecule has 0 saturated carbocycles. The summed E-state index contributed by atoms with van der Waals surface area (Å²) in [6.07, 6.45) is 1.82. The number of aromatic nitrogens is 1. The minimum atomic E-state index is -0.217. The lowest BCUT2D eigenvalue weighted by Gasteiger charge is -2.15. The van der Waals surface area contributed by atoms with Gasteiger partial charge in [-0.15, -0.1) is 0 Å². The molecule has 0 aliphatic rings. The molecule has 0 aliphatic carbocycles. The fraction of sp³-hybridized carbons (Fsp3) is 0.0455. The van der Waals surface area contributed by atoms with Crippen LogP contribution < -0.4 is 5.73 Å². The summed E-state index contributed by atoms with van der Waals surface area (Å²) in [4.78, 5) is 4.43. The van der Waals surface area contributed by atoms with E-state index in [2.05, 4.69) is 23.2 Å². The molecule has 5 rings (SSSR count). The highest BCUT2D eigenvalue weighted by molar-refractivity contribution is 6.05. The fourth-order valence-corrected chi connectivity index (χ4v) is 3.51. The quantitative estimate of drug-likeness (QED) is 0.486. The van der Waals surface area contributed by atoms with Crippen LogP contribution in [0.5, 0.6) is 0 Å². The van der Waals surface area contributed by atoms with Crippen LogP contribution in [0.25, 0.3) is 32.8 Å². The fourth-order valence-electron chi connectivity index (χ4n) is 3.51. The minimum absolute atomic E-state index is 0.217. The van der Waals surface area contributed by atoms with E-state index in [1.165, 1.54) is 0 Å². The molecule has 0 fully saturated rings. The maximum atomic E-state index is 6.63. The molecule has 0 saturated heterocycles. The van der Waals surface area contributed by atoms with Crippen LogP contribution in [0.2, 0.25) is 0 Å². The Labute approximate surface area is 144 Å². The Bertz CT molecular complexity index is 1220. The second-order valence-electron chi connectivity index (χ2n) is 6.25. The van der Waals surface area contributed by atoms with Crippen molar-refractivity contribution in [3.05, 3.63) is 90.1 Å². The number of benzene rings is 3.